The summed E-state index contributed by atoms with van der Waals surface area (Å²) in [6, 6.07) is 0.551. The molecular weight excluding hydrogens is 266 g/mol. The van der Waals surface area contributed by atoms with Crippen LogP contribution in [0.1, 0.15) is 53.4 Å². The second-order valence-electron chi connectivity index (χ2n) is 6.56. The summed E-state index contributed by atoms with van der Waals surface area (Å²) in [4.78, 5) is 28.5. The molecule has 0 radical (unpaired) electrons. The minimum absolute atomic E-state index is 0.0188. The SMILES string of the molecule is CCC1(C)NC(=O)CCN(CCCCN(C)C(C)C)C1=O. The summed E-state index contributed by atoms with van der Waals surface area (Å²) in [5.74, 6) is 0.0443. The molecule has 1 atom stereocenters. The smallest absolute Gasteiger partial charge is 0.248 e. The van der Waals surface area contributed by atoms with Crippen molar-refractivity contribution in [3.63, 3.8) is 0 Å². The molecule has 5 heteroatoms. The largest absolute Gasteiger partial charge is 0.342 e. The monoisotopic (exact) mass is 297 g/mol. The molecule has 0 saturated carbocycles. The lowest BCUT2D eigenvalue weighted by Crippen LogP contribution is -2.54. The number of nitrogens with one attached hydrogen (secondary N) is 1. The van der Waals surface area contributed by atoms with Gasteiger partial charge >= 0.3 is 0 Å². The van der Waals surface area contributed by atoms with Gasteiger partial charge in [-0.15, -0.1) is 0 Å². The zero-order valence-corrected chi connectivity index (χ0v) is 14.2. The van der Waals surface area contributed by atoms with E-state index in [1.165, 1.54) is 0 Å². The predicted molar refractivity (Wildman–Crippen MR) is 85.0 cm³/mol. The maximum Gasteiger partial charge on any atom is 0.248 e. The zero-order chi connectivity index (χ0) is 16.0. The van der Waals surface area contributed by atoms with Crippen LogP contribution < -0.4 is 5.32 Å². The van der Waals surface area contributed by atoms with E-state index >= 15 is 0 Å². The summed E-state index contributed by atoms with van der Waals surface area (Å²) in [7, 11) is 2.12. The van der Waals surface area contributed by atoms with Gasteiger partial charge in [0.15, 0.2) is 0 Å². The molecule has 0 aromatic rings. The van der Waals surface area contributed by atoms with Gasteiger partial charge in [-0.1, -0.05) is 6.92 Å². The Kier molecular flexibility index (Phi) is 6.65. The van der Waals surface area contributed by atoms with Crippen molar-refractivity contribution in [3.05, 3.63) is 0 Å². The van der Waals surface area contributed by atoms with Crippen molar-refractivity contribution in [2.45, 2.75) is 65.0 Å². The lowest BCUT2D eigenvalue weighted by Gasteiger charge is -2.31. The van der Waals surface area contributed by atoms with Gasteiger partial charge in [0.2, 0.25) is 11.8 Å². The van der Waals surface area contributed by atoms with Gasteiger partial charge in [0.1, 0.15) is 5.54 Å². The van der Waals surface area contributed by atoms with E-state index in [9.17, 15) is 9.59 Å². The van der Waals surface area contributed by atoms with Gasteiger partial charge in [0.25, 0.3) is 0 Å². The third-order valence-corrected chi connectivity index (χ3v) is 4.56. The fourth-order valence-corrected chi connectivity index (χ4v) is 2.49. The van der Waals surface area contributed by atoms with Gasteiger partial charge < -0.3 is 15.1 Å². The predicted octanol–water partition coefficient (Wildman–Crippen LogP) is 1.62. The van der Waals surface area contributed by atoms with E-state index in [2.05, 4.69) is 31.1 Å². The van der Waals surface area contributed by atoms with Crippen LogP contribution in [0.2, 0.25) is 0 Å². The number of nitrogens with zero attached hydrogens (tertiary/aromatic N) is 2. The van der Waals surface area contributed by atoms with E-state index in [0.717, 1.165) is 25.9 Å². The maximum atomic E-state index is 12.6. The Morgan fingerprint density at radius 3 is 2.57 bits per heavy atom. The maximum absolute atomic E-state index is 12.6. The van der Waals surface area contributed by atoms with E-state index in [1.807, 2.05) is 18.7 Å². The van der Waals surface area contributed by atoms with E-state index < -0.39 is 5.54 Å². The summed E-state index contributed by atoms with van der Waals surface area (Å²) in [6.45, 7) is 10.5. The van der Waals surface area contributed by atoms with Crippen LogP contribution >= 0.6 is 0 Å². The molecule has 122 valence electrons. The molecule has 0 aromatic carbocycles. The molecule has 1 saturated heterocycles. The lowest BCUT2D eigenvalue weighted by molar-refractivity contribution is -0.138. The van der Waals surface area contributed by atoms with Crippen molar-refractivity contribution >= 4 is 11.8 Å². The number of unbranched alkanes of at least 4 members (excludes halogenated alkanes) is 1. The summed E-state index contributed by atoms with van der Waals surface area (Å²) >= 11 is 0. The van der Waals surface area contributed by atoms with E-state index in [0.29, 0.717) is 25.4 Å². The van der Waals surface area contributed by atoms with Crippen LogP contribution in [0.4, 0.5) is 0 Å². The molecule has 0 aliphatic carbocycles. The Labute approximate surface area is 129 Å². The fourth-order valence-electron chi connectivity index (χ4n) is 2.49. The molecule has 1 fully saturated rings. The first kappa shape index (κ1) is 18.0. The first-order chi connectivity index (χ1) is 9.80. The molecule has 5 nitrogen and oxygen atoms in total. The van der Waals surface area contributed by atoms with Crippen molar-refractivity contribution in [2.75, 3.05) is 26.7 Å². The van der Waals surface area contributed by atoms with Crippen molar-refractivity contribution < 1.29 is 9.59 Å². The molecule has 0 aromatic heterocycles. The second-order valence-corrected chi connectivity index (χ2v) is 6.56. The van der Waals surface area contributed by atoms with Crippen molar-refractivity contribution in [1.82, 2.24) is 15.1 Å². The van der Waals surface area contributed by atoms with Gasteiger partial charge in [-0.25, -0.2) is 0 Å². The van der Waals surface area contributed by atoms with Crippen molar-refractivity contribution in [3.8, 4) is 0 Å². The zero-order valence-electron chi connectivity index (χ0n) is 14.2. The van der Waals surface area contributed by atoms with E-state index in [1.54, 1.807) is 0 Å². The molecule has 1 aliphatic heterocycles. The van der Waals surface area contributed by atoms with Crippen LogP contribution in [0.15, 0.2) is 0 Å². The Morgan fingerprint density at radius 1 is 1.33 bits per heavy atom. The average Bonchev–Trinajstić information content (AvgIpc) is 2.54. The lowest BCUT2D eigenvalue weighted by atomic mass is 9.97. The van der Waals surface area contributed by atoms with Gasteiger partial charge in [-0.05, 0) is 53.6 Å². The van der Waals surface area contributed by atoms with Gasteiger partial charge in [0, 0.05) is 25.6 Å². The molecule has 0 bridgehead atoms. The number of amides is 2. The fraction of sp³-hybridized carbons (Fsp3) is 0.875. The Morgan fingerprint density at radius 2 is 2.00 bits per heavy atom. The summed E-state index contributed by atoms with van der Waals surface area (Å²) in [6.07, 6.45) is 3.09. The van der Waals surface area contributed by atoms with Crippen LogP contribution in [0, 0.1) is 0 Å². The molecule has 1 aliphatic rings. The molecule has 1 rings (SSSR count). The number of carbonyl (C=O) groups is 2. The third-order valence-electron chi connectivity index (χ3n) is 4.56. The highest BCUT2D eigenvalue weighted by Crippen LogP contribution is 2.18. The molecular formula is C16H31N3O2. The quantitative estimate of drug-likeness (QED) is 0.727. The van der Waals surface area contributed by atoms with Gasteiger partial charge in [0.05, 0.1) is 0 Å². The van der Waals surface area contributed by atoms with Crippen LogP contribution in [-0.4, -0.2) is 59.9 Å². The number of rotatable bonds is 7. The normalized spacial score (nSPS) is 23.7. The summed E-state index contributed by atoms with van der Waals surface area (Å²) < 4.78 is 0. The first-order valence-corrected chi connectivity index (χ1v) is 8.10. The van der Waals surface area contributed by atoms with Crippen molar-refractivity contribution in [1.29, 1.82) is 0 Å². The molecule has 0 spiro atoms. The molecule has 1 heterocycles. The van der Waals surface area contributed by atoms with E-state index in [4.69, 9.17) is 0 Å². The average molecular weight is 297 g/mol. The molecule has 1 N–H and O–H groups in total. The minimum atomic E-state index is -0.734. The standard InChI is InChI=1S/C16H31N3O2/c1-6-16(4)15(21)19(12-9-14(20)17-16)11-8-7-10-18(5)13(2)3/h13H,6-12H2,1-5H3,(H,17,20). The number of hydrogen-bond acceptors (Lipinski definition) is 3. The Bertz CT molecular complexity index is 371. The van der Waals surface area contributed by atoms with Gasteiger partial charge in [-0.2, -0.15) is 0 Å². The van der Waals surface area contributed by atoms with Crippen molar-refractivity contribution in [2.24, 2.45) is 0 Å². The Hall–Kier alpha value is -1.10. The highest BCUT2D eigenvalue weighted by atomic mass is 16.2. The Balaban J connectivity index is 2.50. The summed E-state index contributed by atoms with van der Waals surface area (Å²) in [5.41, 5.74) is -0.734. The molecule has 1 unspecified atom stereocenters. The minimum Gasteiger partial charge on any atom is -0.342 e. The first-order valence-electron chi connectivity index (χ1n) is 8.10. The number of hydrogen-bond donors (Lipinski definition) is 1. The van der Waals surface area contributed by atoms with Gasteiger partial charge in [-0.3, -0.25) is 9.59 Å². The van der Waals surface area contributed by atoms with Crippen LogP contribution in [0.25, 0.3) is 0 Å². The highest BCUT2D eigenvalue weighted by Gasteiger charge is 2.38. The third kappa shape index (κ3) is 4.99. The van der Waals surface area contributed by atoms with Crippen LogP contribution in [0.5, 0.6) is 0 Å². The topological polar surface area (TPSA) is 52.7 Å². The van der Waals surface area contributed by atoms with Crippen LogP contribution in [-0.2, 0) is 9.59 Å². The second kappa shape index (κ2) is 7.78. The molecule has 2 amide bonds. The van der Waals surface area contributed by atoms with E-state index in [-0.39, 0.29) is 11.8 Å². The number of carbonyl (C=O) groups excluding carboxylic acids is 2. The summed E-state index contributed by atoms with van der Waals surface area (Å²) in [5, 5.41) is 2.87. The van der Waals surface area contributed by atoms with Crippen LogP contribution in [0.3, 0.4) is 0 Å². The molecule has 21 heavy (non-hydrogen) atoms. The highest BCUT2D eigenvalue weighted by molar-refractivity contribution is 5.93.